The zero-order valence-electron chi connectivity index (χ0n) is 64.9. The van der Waals surface area contributed by atoms with Gasteiger partial charge in [0.15, 0.2) is 25.0 Å². The van der Waals surface area contributed by atoms with Crippen LogP contribution in [0, 0.1) is 17.8 Å². The van der Waals surface area contributed by atoms with Crippen LogP contribution in [0.5, 0.6) is 0 Å². The molecule has 0 spiro atoms. The summed E-state index contributed by atoms with van der Waals surface area (Å²) in [6.07, 6.45) is -5.64. The molecule has 608 valence electrons. The lowest BCUT2D eigenvalue weighted by Crippen LogP contribution is -2.62. The monoisotopic (exact) mass is 1530 g/mol. The van der Waals surface area contributed by atoms with Crippen molar-refractivity contribution in [2.75, 3.05) is 72.4 Å². The van der Waals surface area contributed by atoms with Gasteiger partial charge >= 0.3 is 41.8 Å². The Labute approximate surface area is 627 Å². The molecule has 34 heteroatoms. The van der Waals surface area contributed by atoms with Crippen molar-refractivity contribution >= 4 is 88.8 Å². The van der Waals surface area contributed by atoms with Crippen LogP contribution in [-0.2, 0) is 133 Å². The standard InChI is InChI=1S/C73H118N6O28/c1-15-57(104-63(93)31-30-43(2)80)70(94)79(34-24-32-74-61(91)28-18-22-38-96-72-65(76-48(7)82)45(4)68(102-54(13)88)59(106-72)41-99-51(10)85)36-25-35-78(62(92)29-19-23-39-97-73-66(77-49(8)83)46(5)69(103-55(14)89)60(107-73)42-100-52(11)86)33-20-16-26-56(90)27-17-21-37-95-71-64(75-47(6)81)44(3)67(101-53(12)87)58(105-71)40-98-50(9)84/h44-46,57-60,64-69,71-73H,15-42H2,1-14H3,(H,74,91)(H,75,81)(H,76,82)(H,77,83)/t44-,45-,46-,57?,58?,59?,60?,64?,65?,66?,67-,68-,69-,71-,72-,73-/m1/s1. The van der Waals surface area contributed by atoms with Gasteiger partial charge in [-0.05, 0) is 77.6 Å². The number of Topliss-reactive ketones (excluding diaryl/α,β-unsaturated/α-hetero) is 2. The molecule has 6 amide bonds. The van der Waals surface area contributed by atoms with Gasteiger partial charge in [0.25, 0.3) is 5.91 Å². The molecule has 0 aliphatic carbocycles. The van der Waals surface area contributed by atoms with Crippen molar-refractivity contribution in [3.8, 4) is 0 Å². The van der Waals surface area contributed by atoms with Gasteiger partial charge in [0.2, 0.25) is 29.5 Å². The van der Waals surface area contributed by atoms with E-state index in [4.69, 9.17) is 61.6 Å². The molecule has 16 atom stereocenters. The predicted octanol–water partition coefficient (Wildman–Crippen LogP) is 3.61. The first-order valence-electron chi connectivity index (χ1n) is 37.2. The Morgan fingerprint density at radius 1 is 0.402 bits per heavy atom. The normalized spacial score (nSPS) is 24.1. The predicted molar refractivity (Wildman–Crippen MR) is 377 cm³/mol. The average Bonchev–Trinajstić information content (AvgIpc) is 0.809. The Morgan fingerprint density at radius 3 is 1.14 bits per heavy atom. The van der Waals surface area contributed by atoms with Crippen molar-refractivity contribution < 1.29 is 133 Å². The quantitative estimate of drug-likeness (QED) is 0.0384. The highest BCUT2D eigenvalue weighted by Gasteiger charge is 2.50. The van der Waals surface area contributed by atoms with Crippen molar-refractivity contribution in [1.29, 1.82) is 0 Å². The van der Waals surface area contributed by atoms with Gasteiger partial charge in [-0.15, -0.1) is 0 Å². The SMILES string of the molecule is CCC(OC(=O)CCC(C)=O)C(=O)N(CCCNC(=O)CCCCO[C@@H]1OC(COC(C)=O)[C@H](OC(C)=O)[C@H](C)C1NC(C)=O)CCCN(CCCCC(=O)CCCCO[C@@H]1OC(COC(C)=O)[C@H](OC(C)=O)[C@H](C)C1NC(C)=O)C(=O)CCCCO[C@@H]1OC(COC(C)=O)[C@H](OC(C)=O)[C@H](C)C1NC(C)=O. The van der Waals surface area contributed by atoms with Crippen molar-refractivity contribution in [3.05, 3.63) is 0 Å². The number of nitrogens with zero attached hydrogens (tertiary/aromatic N) is 2. The van der Waals surface area contributed by atoms with E-state index < -0.39 is 151 Å². The third-order valence-electron chi connectivity index (χ3n) is 18.0. The molecule has 0 aromatic rings. The molecule has 107 heavy (non-hydrogen) atoms. The van der Waals surface area contributed by atoms with Gasteiger partial charge in [-0.1, -0.05) is 27.7 Å². The fourth-order valence-corrected chi connectivity index (χ4v) is 12.7. The molecule has 3 heterocycles. The summed E-state index contributed by atoms with van der Waals surface area (Å²) in [5, 5.41) is 11.3. The molecule has 3 aliphatic heterocycles. The molecule has 34 nitrogen and oxygen atoms in total. The van der Waals surface area contributed by atoms with Crippen LogP contribution in [-0.4, -0.2) is 251 Å². The molecule has 0 bridgehead atoms. The molecule has 0 aromatic heterocycles. The number of amides is 6. The molecule has 3 fully saturated rings. The van der Waals surface area contributed by atoms with Crippen LogP contribution >= 0.6 is 0 Å². The van der Waals surface area contributed by atoms with E-state index in [1.54, 1.807) is 32.6 Å². The molecule has 0 aromatic carbocycles. The van der Waals surface area contributed by atoms with Gasteiger partial charge in [0.05, 0.1) is 24.5 Å². The number of unbranched alkanes of at least 4 members (excludes halogenated alkanes) is 4. The molecule has 3 aliphatic rings. The Kier molecular flexibility index (Phi) is 43.7. The average molecular weight is 1530 g/mol. The lowest BCUT2D eigenvalue weighted by atomic mass is 9.88. The summed E-state index contributed by atoms with van der Waals surface area (Å²) in [5.74, 6) is -8.33. The fraction of sp³-hybridized carbons (Fsp3) is 0.795. The van der Waals surface area contributed by atoms with Crippen LogP contribution in [0.2, 0.25) is 0 Å². The van der Waals surface area contributed by atoms with Crippen LogP contribution in [0.25, 0.3) is 0 Å². The Bertz CT molecular complexity index is 2910. The van der Waals surface area contributed by atoms with E-state index in [0.29, 0.717) is 51.4 Å². The number of carbonyl (C=O) groups excluding carboxylic acids is 15. The Balaban J connectivity index is 1.74. The van der Waals surface area contributed by atoms with Gasteiger partial charge in [-0.3, -0.25) is 67.1 Å². The number of ketones is 2. The van der Waals surface area contributed by atoms with Crippen LogP contribution in [0.3, 0.4) is 0 Å². The minimum absolute atomic E-state index is 0.0295. The van der Waals surface area contributed by atoms with Crippen LogP contribution in [0.15, 0.2) is 0 Å². The highest BCUT2D eigenvalue weighted by atomic mass is 16.7. The van der Waals surface area contributed by atoms with E-state index in [1.165, 1.54) is 74.1 Å². The minimum atomic E-state index is -1.21. The number of hydrogen-bond acceptors (Lipinski definition) is 28. The second-order valence-electron chi connectivity index (χ2n) is 27.3. The van der Waals surface area contributed by atoms with Crippen molar-refractivity contribution in [2.24, 2.45) is 17.8 Å². The van der Waals surface area contributed by atoms with Crippen molar-refractivity contribution in [3.63, 3.8) is 0 Å². The van der Waals surface area contributed by atoms with E-state index in [9.17, 15) is 71.9 Å². The molecule has 3 saturated heterocycles. The summed E-state index contributed by atoms with van der Waals surface area (Å²) in [6.45, 7) is 19.8. The highest BCUT2D eigenvalue weighted by molar-refractivity contribution is 5.86. The third kappa shape index (κ3) is 36.3. The van der Waals surface area contributed by atoms with E-state index in [2.05, 4.69) is 21.3 Å². The van der Waals surface area contributed by atoms with Crippen molar-refractivity contribution in [2.45, 2.75) is 286 Å². The zero-order valence-corrected chi connectivity index (χ0v) is 64.9. The molecular formula is C73H118N6O28. The third-order valence-corrected chi connectivity index (χ3v) is 18.0. The lowest BCUT2D eigenvalue weighted by molar-refractivity contribution is -0.262. The summed E-state index contributed by atoms with van der Waals surface area (Å²) in [6, 6.07) is -2.27. The summed E-state index contributed by atoms with van der Waals surface area (Å²) < 4.78 is 74.5. The number of ether oxygens (including phenoxy) is 13. The van der Waals surface area contributed by atoms with Crippen LogP contribution in [0.1, 0.15) is 206 Å². The second-order valence-corrected chi connectivity index (χ2v) is 27.3. The number of esters is 7. The van der Waals surface area contributed by atoms with Crippen LogP contribution < -0.4 is 21.3 Å². The van der Waals surface area contributed by atoms with Gasteiger partial charge in [-0.25, -0.2) is 0 Å². The first-order valence-corrected chi connectivity index (χ1v) is 37.2. The highest BCUT2D eigenvalue weighted by Crippen LogP contribution is 2.33. The number of nitrogens with one attached hydrogen (secondary N) is 4. The maximum Gasteiger partial charge on any atom is 0.307 e. The molecule has 0 radical (unpaired) electrons. The number of hydrogen-bond donors (Lipinski definition) is 4. The van der Waals surface area contributed by atoms with E-state index >= 15 is 0 Å². The first-order chi connectivity index (χ1) is 50.6. The second kappa shape index (κ2) is 50.0. The smallest absolute Gasteiger partial charge is 0.307 e. The number of rotatable bonds is 49. The van der Waals surface area contributed by atoms with E-state index in [0.717, 1.165) is 0 Å². The summed E-state index contributed by atoms with van der Waals surface area (Å²) in [4.78, 5) is 191. The summed E-state index contributed by atoms with van der Waals surface area (Å²) in [7, 11) is 0. The Morgan fingerprint density at radius 2 is 0.766 bits per heavy atom. The maximum atomic E-state index is 14.4. The molecule has 0 saturated carbocycles. The largest absolute Gasteiger partial charge is 0.463 e. The van der Waals surface area contributed by atoms with Gasteiger partial charge in [0, 0.05) is 165 Å². The maximum absolute atomic E-state index is 14.4. The fourth-order valence-electron chi connectivity index (χ4n) is 12.7. The van der Waals surface area contributed by atoms with Crippen molar-refractivity contribution in [1.82, 2.24) is 31.1 Å². The molecule has 3 rings (SSSR count). The molecule has 7 unspecified atom stereocenters. The van der Waals surface area contributed by atoms with Crippen LogP contribution in [0.4, 0.5) is 0 Å². The van der Waals surface area contributed by atoms with Gasteiger partial charge in [0.1, 0.15) is 68.0 Å². The zero-order chi connectivity index (χ0) is 79.9. The Hall–Kier alpha value is -7.79. The van der Waals surface area contributed by atoms with Gasteiger partial charge < -0.3 is 97.4 Å². The minimum Gasteiger partial charge on any atom is -0.463 e. The molecular weight excluding hydrogens is 1410 g/mol. The topological polar surface area (TPSA) is 431 Å². The van der Waals surface area contributed by atoms with Gasteiger partial charge in [-0.2, -0.15) is 0 Å². The summed E-state index contributed by atoms with van der Waals surface area (Å²) >= 11 is 0. The number of carbonyl (C=O) groups is 15. The van der Waals surface area contributed by atoms with E-state index in [-0.39, 0.29) is 165 Å². The lowest BCUT2D eigenvalue weighted by Gasteiger charge is -2.44. The summed E-state index contributed by atoms with van der Waals surface area (Å²) in [5.41, 5.74) is 0. The first kappa shape index (κ1) is 93.4. The molecule has 4 N–H and O–H groups in total. The van der Waals surface area contributed by atoms with E-state index in [1.807, 2.05) is 0 Å².